The van der Waals surface area contributed by atoms with Crippen LogP contribution in [0.2, 0.25) is 0 Å². The maximum absolute atomic E-state index is 12.6. The number of likely N-dealkylation sites (tertiary alicyclic amines) is 1. The van der Waals surface area contributed by atoms with Crippen LogP contribution in [0, 0.1) is 11.8 Å². The zero-order chi connectivity index (χ0) is 16.9. The molecule has 4 heteroatoms. The van der Waals surface area contributed by atoms with Crippen LogP contribution in [0.25, 0.3) is 0 Å². The minimum absolute atomic E-state index is 0.0662. The Kier molecular flexibility index (Phi) is 3.35. The van der Waals surface area contributed by atoms with Gasteiger partial charge in [0.1, 0.15) is 5.66 Å². The van der Waals surface area contributed by atoms with E-state index in [4.69, 9.17) is 0 Å². The summed E-state index contributed by atoms with van der Waals surface area (Å²) in [5, 5.41) is 7.03. The van der Waals surface area contributed by atoms with Gasteiger partial charge in [0.15, 0.2) is 0 Å². The number of carbonyl (C=O) groups excluding carboxylic acids is 1. The quantitative estimate of drug-likeness (QED) is 0.888. The van der Waals surface area contributed by atoms with Gasteiger partial charge in [0.05, 0.1) is 5.56 Å². The highest BCUT2D eigenvalue weighted by Crippen LogP contribution is 2.47. The van der Waals surface area contributed by atoms with E-state index in [2.05, 4.69) is 45.9 Å². The molecule has 3 aliphatic rings. The predicted octanol–water partition coefficient (Wildman–Crippen LogP) is 3.08. The number of nitrogens with zero attached hydrogens (tertiary/aromatic N) is 1. The molecule has 128 valence electrons. The van der Waals surface area contributed by atoms with E-state index in [-0.39, 0.29) is 11.6 Å². The summed E-state index contributed by atoms with van der Waals surface area (Å²) in [6.45, 7) is 3.16. The molecule has 5 rings (SSSR count). The normalized spacial score (nSPS) is 30.6. The summed E-state index contributed by atoms with van der Waals surface area (Å²) < 4.78 is 0. The van der Waals surface area contributed by atoms with E-state index in [1.165, 1.54) is 12.0 Å². The van der Waals surface area contributed by atoms with E-state index in [1.807, 2.05) is 24.3 Å². The van der Waals surface area contributed by atoms with Gasteiger partial charge in [0, 0.05) is 31.2 Å². The Hall–Kier alpha value is -2.33. The van der Waals surface area contributed by atoms with Crippen LogP contribution in [0.5, 0.6) is 0 Å². The van der Waals surface area contributed by atoms with Crippen molar-refractivity contribution >= 4 is 11.6 Å². The van der Waals surface area contributed by atoms with Gasteiger partial charge < -0.3 is 10.6 Å². The highest BCUT2D eigenvalue weighted by Gasteiger charge is 2.54. The van der Waals surface area contributed by atoms with Gasteiger partial charge in [-0.25, -0.2) is 0 Å². The second-order valence-corrected chi connectivity index (χ2v) is 7.68. The van der Waals surface area contributed by atoms with Gasteiger partial charge in [-0.15, -0.1) is 0 Å². The van der Waals surface area contributed by atoms with Gasteiger partial charge in [-0.05, 0) is 36.5 Å². The highest BCUT2D eigenvalue weighted by atomic mass is 16.2. The number of amides is 1. The van der Waals surface area contributed by atoms with Gasteiger partial charge in [-0.3, -0.25) is 9.69 Å². The Balaban J connectivity index is 1.38. The zero-order valence-electron chi connectivity index (χ0n) is 14.2. The number of fused-ring (bicyclic) bond motifs is 3. The molecule has 1 saturated carbocycles. The molecule has 0 radical (unpaired) electrons. The lowest BCUT2D eigenvalue weighted by Gasteiger charge is -2.42. The first-order valence-corrected chi connectivity index (χ1v) is 9.19. The van der Waals surface area contributed by atoms with Crippen molar-refractivity contribution in [2.24, 2.45) is 11.8 Å². The number of rotatable bonds is 2. The molecule has 2 fully saturated rings. The second kappa shape index (κ2) is 5.60. The minimum atomic E-state index is -0.276. The van der Waals surface area contributed by atoms with E-state index >= 15 is 0 Å². The third-order valence-corrected chi connectivity index (χ3v) is 6.17. The van der Waals surface area contributed by atoms with Crippen molar-refractivity contribution in [3.63, 3.8) is 0 Å². The molecule has 2 aliphatic heterocycles. The maximum atomic E-state index is 12.6. The number of para-hydroxylation sites is 1. The smallest absolute Gasteiger partial charge is 0.255 e. The molecule has 0 aromatic heterocycles. The Morgan fingerprint density at radius 3 is 2.68 bits per heavy atom. The third-order valence-electron chi connectivity index (χ3n) is 6.17. The summed E-state index contributed by atoms with van der Waals surface area (Å²) in [5.41, 5.74) is 2.83. The van der Waals surface area contributed by atoms with Crippen LogP contribution < -0.4 is 10.6 Å². The van der Waals surface area contributed by atoms with E-state index in [0.717, 1.165) is 37.3 Å². The number of hydrogen-bond donors (Lipinski definition) is 2. The molecule has 3 atom stereocenters. The SMILES string of the molecule is O=C1NC2(CCC3CN(Cc4ccccc4)CC32)Nc2ccccc21. The van der Waals surface area contributed by atoms with Crippen LogP contribution >= 0.6 is 0 Å². The lowest BCUT2D eigenvalue weighted by atomic mass is 9.89. The summed E-state index contributed by atoms with van der Waals surface area (Å²) in [4.78, 5) is 15.2. The molecule has 0 bridgehead atoms. The van der Waals surface area contributed by atoms with Gasteiger partial charge in [0.25, 0.3) is 5.91 Å². The minimum Gasteiger partial charge on any atom is -0.362 e. The lowest BCUT2D eigenvalue weighted by Crippen LogP contribution is -2.61. The molecule has 2 heterocycles. The average molecular weight is 333 g/mol. The van der Waals surface area contributed by atoms with Crippen LogP contribution in [-0.4, -0.2) is 29.6 Å². The first-order chi connectivity index (χ1) is 12.2. The van der Waals surface area contributed by atoms with Gasteiger partial charge in [0.2, 0.25) is 0 Å². The molecule has 2 N–H and O–H groups in total. The fraction of sp³-hybridized carbons (Fsp3) is 0.381. The standard InChI is InChI=1S/C21H23N3O/c25-20-17-8-4-5-9-19(17)22-21(23-20)11-10-16-13-24(14-18(16)21)12-15-6-2-1-3-7-15/h1-9,16,18,22H,10-14H2,(H,23,25). The van der Waals surface area contributed by atoms with Crippen molar-refractivity contribution in [3.05, 3.63) is 65.7 Å². The summed E-state index contributed by atoms with van der Waals surface area (Å²) in [5.74, 6) is 1.19. The number of carbonyl (C=O) groups is 1. The number of hydrogen-bond acceptors (Lipinski definition) is 3. The van der Waals surface area contributed by atoms with Crippen molar-refractivity contribution in [2.75, 3.05) is 18.4 Å². The molecular weight excluding hydrogens is 310 g/mol. The van der Waals surface area contributed by atoms with E-state index in [0.29, 0.717) is 11.8 Å². The fourth-order valence-electron chi connectivity index (χ4n) is 5.02. The van der Waals surface area contributed by atoms with E-state index in [9.17, 15) is 4.79 Å². The fourth-order valence-corrected chi connectivity index (χ4v) is 5.02. The Labute approximate surface area is 148 Å². The molecule has 1 aliphatic carbocycles. The topological polar surface area (TPSA) is 44.4 Å². The molecule has 2 aromatic rings. The summed E-state index contributed by atoms with van der Waals surface area (Å²) in [6, 6.07) is 18.5. The first-order valence-electron chi connectivity index (χ1n) is 9.19. The largest absolute Gasteiger partial charge is 0.362 e. The predicted molar refractivity (Wildman–Crippen MR) is 98.2 cm³/mol. The van der Waals surface area contributed by atoms with Crippen molar-refractivity contribution in [3.8, 4) is 0 Å². The molecule has 25 heavy (non-hydrogen) atoms. The van der Waals surface area contributed by atoms with Crippen molar-refractivity contribution < 1.29 is 4.79 Å². The zero-order valence-corrected chi connectivity index (χ0v) is 14.2. The van der Waals surface area contributed by atoms with Gasteiger partial charge in [-0.1, -0.05) is 42.5 Å². The number of benzene rings is 2. The summed E-state index contributed by atoms with van der Waals surface area (Å²) in [7, 11) is 0. The summed E-state index contributed by atoms with van der Waals surface area (Å²) >= 11 is 0. The van der Waals surface area contributed by atoms with Gasteiger partial charge in [-0.2, -0.15) is 0 Å². The highest BCUT2D eigenvalue weighted by molar-refractivity contribution is 6.02. The molecular formula is C21H23N3O. The van der Waals surface area contributed by atoms with E-state index in [1.54, 1.807) is 0 Å². The summed E-state index contributed by atoms with van der Waals surface area (Å²) in [6.07, 6.45) is 2.19. The Morgan fingerprint density at radius 1 is 1.00 bits per heavy atom. The molecule has 1 spiro atoms. The van der Waals surface area contributed by atoms with Crippen LogP contribution in [-0.2, 0) is 6.54 Å². The monoisotopic (exact) mass is 333 g/mol. The first kappa shape index (κ1) is 15.0. The van der Waals surface area contributed by atoms with Crippen molar-refractivity contribution in [2.45, 2.75) is 25.0 Å². The van der Waals surface area contributed by atoms with Crippen LogP contribution in [0.1, 0.15) is 28.8 Å². The average Bonchev–Trinajstić information content (AvgIpc) is 3.17. The maximum Gasteiger partial charge on any atom is 0.255 e. The molecule has 1 amide bonds. The van der Waals surface area contributed by atoms with Gasteiger partial charge >= 0.3 is 0 Å². The molecule has 3 unspecified atom stereocenters. The van der Waals surface area contributed by atoms with E-state index < -0.39 is 0 Å². The number of nitrogens with one attached hydrogen (secondary N) is 2. The van der Waals surface area contributed by atoms with Crippen molar-refractivity contribution in [1.29, 1.82) is 0 Å². The third kappa shape index (κ3) is 2.44. The molecule has 1 saturated heterocycles. The lowest BCUT2D eigenvalue weighted by molar-refractivity contribution is 0.0871. The molecule has 2 aromatic carbocycles. The van der Waals surface area contributed by atoms with Crippen LogP contribution in [0.4, 0.5) is 5.69 Å². The second-order valence-electron chi connectivity index (χ2n) is 7.68. The molecule has 4 nitrogen and oxygen atoms in total. The Morgan fingerprint density at radius 2 is 1.80 bits per heavy atom. The van der Waals surface area contributed by atoms with Crippen LogP contribution in [0.3, 0.4) is 0 Å². The number of anilines is 1. The van der Waals surface area contributed by atoms with Crippen molar-refractivity contribution in [1.82, 2.24) is 10.2 Å². The van der Waals surface area contributed by atoms with Crippen LogP contribution in [0.15, 0.2) is 54.6 Å². The Bertz CT molecular complexity index is 806.